The monoisotopic (exact) mass is 1450 g/mol. The Hall–Kier alpha value is -1.94. The van der Waals surface area contributed by atoms with E-state index in [-0.39, 0.29) is 25.7 Å². The summed E-state index contributed by atoms with van der Waals surface area (Å²) < 4.78 is 68.6. The molecule has 19 heteroatoms. The van der Waals surface area contributed by atoms with Crippen molar-refractivity contribution >= 4 is 39.5 Å². The molecule has 6 atom stereocenters. The summed E-state index contributed by atoms with van der Waals surface area (Å²) in [6, 6.07) is 0. The minimum atomic E-state index is -4.96. The van der Waals surface area contributed by atoms with Gasteiger partial charge in [0, 0.05) is 25.7 Å². The molecule has 0 aliphatic rings. The molecule has 17 nitrogen and oxygen atoms in total. The number of aliphatic hydroxyl groups excluding tert-OH is 1. The molecule has 0 saturated carbocycles. The normalized spacial score (nSPS) is 14.2. The van der Waals surface area contributed by atoms with Gasteiger partial charge in [-0.05, 0) is 37.5 Å². The Balaban J connectivity index is 5.20. The number of hydrogen-bond donors (Lipinski definition) is 3. The van der Waals surface area contributed by atoms with Crippen LogP contribution in [0.2, 0.25) is 0 Å². The molecule has 0 saturated heterocycles. The van der Waals surface area contributed by atoms with Crippen LogP contribution in [0.4, 0.5) is 0 Å². The van der Waals surface area contributed by atoms with Gasteiger partial charge in [0.25, 0.3) is 0 Å². The summed E-state index contributed by atoms with van der Waals surface area (Å²) >= 11 is 0. The van der Waals surface area contributed by atoms with Crippen molar-refractivity contribution in [2.45, 2.75) is 439 Å². The minimum Gasteiger partial charge on any atom is -0.462 e. The molecule has 0 bridgehead atoms. The number of carbonyl (C=O) groups is 4. The smallest absolute Gasteiger partial charge is 0.462 e. The van der Waals surface area contributed by atoms with Crippen molar-refractivity contribution in [3.8, 4) is 0 Å². The molecule has 0 aliphatic heterocycles. The summed E-state index contributed by atoms with van der Waals surface area (Å²) in [4.78, 5) is 72.9. The summed E-state index contributed by atoms with van der Waals surface area (Å²) in [6.07, 6.45) is 61.2. The van der Waals surface area contributed by atoms with E-state index in [0.717, 1.165) is 108 Å². The lowest BCUT2D eigenvalue weighted by Crippen LogP contribution is -2.30. The standard InChI is InChI=1S/C80H156O17P2/c1-7-10-12-14-16-18-20-22-24-25-26-27-28-29-30-31-33-35-40-44-52-58-64-79(84)96-75(68-90-77(82)62-56-50-43-39-34-32-23-21-19-17-15-13-11-8-2)70-94-98(86,87)92-66-74(81)67-93-99(88,89)95-71-76(69-91-78(83)63-57-51-47-46-49-55-61-73(6)9-3)97-80(85)65-59-53-45-41-37-36-38-42-48-54-60-72(4)5/h72-76,81H,7-71H2,1-6H3,(H,86,87)(H,88,89)/t73?,74-,75-,76-/m1/s1. The van der Waals surface area contributed by atoms with Gasteiger partial charge in [0.2, 0.25) is 0 Å². The highest BCUT2D eigenvalue weighted by Gasteiger charge is 2.30. The lowest BCUT2D eigenvalue weighted by molar-refractivity contribution is -0.161. The number of hydrogen-bond acceptors (Lipinski definition) is 15. The Morgan fingerprint density at radius 3 is 0.768 bits per heavy atom. The van der Waals surface area contributed by atoms with Crippen molar-refractivity contribution in [3.63, 3.8) is 0 Å². The summed E-state index contributed by atoms with van der Waals surface area (Å²) in [6.45, 7) is 9.57. The molecule has 588 valence electrons. The minimum absolute atomic E-state index is 0.105. The Morgan fingerprint density at radius 1 is 0.293 bits per heavy atom. The zero-order valence-electron chi connectivity index (χ0n) is 64.8. The van der Waals surface area contributed by atoms with E-state index in [1.807, 2.05) is 0 Å². The van der Waals surface area contributed by atoms with Crippen LogP contribution in [0, 0.1) is 11.8 Å². The number of ether oxygens (including phenoxy) is 4. The van der Waals surface area contributed by atoms with Gasteiger partial charge in [0.1, 0.15) is 19.3 Å². The molecular weight excluding hydrogens is 1290 g/mol. The molecule has 0 amide bonds. The molecule has 0 aromatic rings. The zero-order chi connectivity index (χ0) is 72.8. The average molecular weight is 1450 g/mol. The fraction of sp³-hybridized carbons (Fsp3) is 0.950. The van der Waals surface area contributed by atoms with Crippen LogP contribution in [0.1, 0.15) is 420 Å². The Kier molecular flexibility index (Phi) is 70.3. The third kappa shape index (κ3) is 72.8. The van der Waals surface area contributed by atoms with Crippen LogP contribution in [-0.4, -0.2) is 96.7 Å². The molecule has 99 heavy (non-hydrogen) atoms. The van der Waals surface area contributed by atoms with Gasteiger partial charge in [-0.1, -0.05) is 369 Å². The van der Waals surface area contributed by atoms with Crippen LogP contribution in [-0.2, 0) is 65.4 Å². The van der Waals surface area contributed by atoms with Gasteiger partial charge in [-0.2, -0.15) is 0 Å². The Bertz CT molecular complexity index is 1910. The molecule has 0 aromatic heterocycles. The van der Waals surface area contributed by atoms with Crippen LogP contribution in [0.15, 0.2) is 0 Å². The first-order valence-electron chi connectivity index (χ1n) is 41.5. The number of carbonyl (C=O) groups excluding carboxylic acids is 4. The Morgan fingerprint density at radius 2 is 0.515 bits per heavy atom. The fourth-order valence-corrected chi connectivity index (χ4v) is 13.9. The van der Waals surface area contributed by atoms with Crippen LogP contribution >= 0.6 is 15.6 Å². The summed E-state index contributed by atoms with van der Waals surface area (Å²) in [5, 5.41) is 10.6. The number of rotatable bonds is 79. The van der Waals surface area contributed by atoms with Crippen molar-refractivity contribution in [1.82, 2.24) is 0 Å². The maximum absolute atomic E-state index is 13.1. The molecule has 0 aromatic carbocycles. The number of phosphoric ester groups is 2. The van der Waals surface area contributed by atoms with E-state index < -0.39 is 97.5 Å². The van der Waals surface area contributed by atoms with Crippen LogP contribution in [0.25, 0.3) is 0 Å². The highest BCUT2D eigenvalue weighted by molar-refractivity contribution is 7.47. The highest BCUT2D eigenvalue weighted by atomic mass is 31.2. The van der Waals surface area contributed by atoms with Crippen molar-refractivity contribution in [3.05, 3.63) is 0 Å². The van der Waals surface area contributed by atoms with Gasteiger partial charge >= 0.3 is 39.5 Å². The van der Waals surface area contributed by atoms with Gasteiger partial charge < -0.3 is 33.8 Å². The SMILES string of the molecule is CCCCCCCCCCCCCCCCCCCCCCCCC(=O)O[C@H](COC(=O)CCCCCCCCCCCCCCCC)COP(=O)(O)OC[C@@H](O)COP(=O)(O)OC[C@@H](COC(=O)CCCCCCCCC(C)CC)OC(=O)CCCCCCCCCCCCC(C)C. The summed E-state index contributed by atoms with van der Waals surface area (Å²) in [7, 11) is -9.92. The Labute approximate surface area is 607 Å². The average Bonchev–Trinajstić information content (AvgIpc) is 1.32. The summed E-state index contributed by atoms with van der Waals surface area (Å²) in [5.74, 6) is -0.630. The van der Waals surface area contributed by atoms with E-state index >= 15 is 0 Å². The second kappa shape index (κ2) is 71.7. The first kappa shape index (κ1) is 97.1. The van der Waals surface area contributed by atoms with Gasteiger partial charge in [-0.15, -0.1) is 0 Å². The molecule has 3 N–H and O–H groups in total. The molecule has 0 heterocycles. The maximum Gasteiger partial charge on any atom is 0.472 e. The topological polar surface area (TPSA) is 237 Å². The second-order valence-corrected chi connectivity index (χ2v) is 32.4. The van der Waals surface area contributed by atoms with E-state index in [2.05, 4.69) is 41.5 Å². The number of unbranched alkanes of at least 4 members (excludes halogenated alkanes) is 48. The van der Waals surface area contributed by atoms with E-state index in [9.17, 15) is 43.2 Å². The lowest BCUT2D eigenvalue weighted by Gasteiger charge is -2.21. The third-order valence-electron chi connectivity index (χ3n) is 19.1. The number of phosphoric acid groups is 2. The first-order valence-corrected chi connectivity index (χ1v) is 44.5. The van der Waals surface area contributed by atoms with Crippen LogP contribution in [0.3, 0.4) is 0 Å². The zero-order valence-corrected chi connectivity index (χ0v) is 66.6. The van der Waals surface area contributed by atoms with Gasteiger partial charge in [0.05, 0.1) is 26.4 Å². The van der Waals surface area contributed by atoms with Crippen molar-refractivity contribution < 1.29 is 80.2 Å². The van der Waals surface area contributed by atoms with E-state index in [1.54, 1.807) is 0 Å². The lowest BCUT2D eigenvalue weighted by atomic mass is 10.00. The predicted octanol–water partition coefficient (Wildman–Crippen LogP) is 23.9. The molecule has 0 aliphatic carbocycles. The molecule has 0 spiro atoms. The first-order chi connectivity index (χ1) is 47.9. The number of aliphatic hydroxyl groups is 1. The predicted molar refractivity (Wildman–Crippen MR) is 405 cm³/mol. The quantitative estimate of drug-likeness (QED) is 0.0222. The van der Waals surface area contributed by atoms with Gasteiger partial charge in [0.15, 0.2) is 12.2 Å². The fourth-order valence-electron chi connectivity index (χ4n) is 12.3. The molecule has 0 rings (SSSR count). The van der Waals surface area contributed by atoms with Crippen molar-refractivity contribution in [2.75, 3.05) is 39.6 Å². The maximum atomic E-state index is 13.1. The van der Waals surface area contributed by atoms with Crippen LogP contribution < -0.4 is 0 Å². The molecule has 0 radical (unpaired) electrons. The molecular formula is C80H156O17P2. The van der Waals surface area contributed by atoms with Crippen molar-refractivity contribution in [2.24, 2.45) is 11.8 Å². The second-order valence-electron chi connectivity index (χ2n) is 29.5. The molecule has 0 fully saturated rings. The van der Waals surface area contributed by atoms with Gasteiger partial charge in [-0.25, -0.2) is 9.13 Å². The molecule has 3 unspecified atom stereocenters. The van der Waals surface area contributed by atoms with Gasteiger partial charge in [-0.3, -0.25) is 37.3 Å². The van der Waals surface area contributed by atoms with Crippen molar-refractivity contribution in [1.29, 1.82) is 0 Å². The summed E-state index contributed by atoms with van der Waals surface area (Å²) in [5.41, 5.74) is 0. The van der Waals surface area contributed by atoms with E-state index in [4.69, 9.17) is 37.0 Å². The largest absolute Gasteiger partial charge is 0.472 e. The number of esters is 4. The third-order valence-corrected chi connectivity index (χ3v) is 21.0. The highest BCUT2D eigenvalue weighted by Crippen LogP contribution is 2.45. The van der Waals surface area contributed by atoms with E-state index in [0.29, 0.717) is 25.7 Å². The van der Waals surface area contributed by atoms with Crippen LogP contribution in [0.5, 0.6) is 0 Å². The van der Waals surface area contributed by atoms with E-state index in [1.165, 1.54) is 231 Å².